The Bertz CT molecular complexity index is 745. The largest absolute Gasteiger partial charge is 0.396 e. The van der Waals surface area contributed by atoms with E-state index in [9.17, 15) is 13.5 Å². The summed E-state index contributed by atoms with van der Waals surface area (Å²) in [5.74, 6) is 0. The van der Waals surface area contributed by atoms with Gasteiger partial charge in [-0.3, -0.25) is 0 Å². The highest BCUT2D eigenvalue weighted by molar-refractivity contribution is 7.89. The average molecular weight is 370 g/mol. The summed E-state index contributed by atoms with van der Waals surface area (Å²) >= 11 is 5.75. The van der Waals surface area contributed by atoms with Crippen molar-refractivity contribution in [2.75, 3.05) is 13.2 Å². The summed E-state index contributed by atoms with van der Waals surface area (Å²) in [6, 6.07) is 13.2. The van der Waals surface area contributed by atoms with Crippen molar-refractivity contribution in [3.63, 3.8) is 0 Å². The lowest BCUT2D eigenvalue weighted by molar-refractivity contribution is 0.134. The van der Waals surface area contributed by atoms with E-state index >= 15 is 0 Å². The summed E-state index contributed by atoms with van der Waals surface area (Å²) in [5, 5.41) is 19.1. The second-order valence-corrected chi connectivity index (χ2v) is 7.57. The molecule has 0 aliphatic carbocycles. The first kappa shape index (κ1) is 18.9. The Morgan fingerprint density at radius 2 is 1.67 bits per heavy atom. The van der Waals surface area contributed by atoms with Crippen molar-refractivity contribution in [2.45, 2.75) is 23.8 Å². The van der Waals surface area contributed by atoms with Crippen LogP contribution < -0.4 is 4.72 Å². The summed E-state index contributed by atoms with van der Waals surface area (Å²) in [5.41, 5.74) is 1.68. The lowest BCUT2D eigenvalue weighted by atomic mass is 10.0. The molecule has 0 saturated carbocycles. The maximum atomic E-state index is 12.1. The van der Waals surface area contributed by atoms with Crippen LogP contribution >= 0.6 is 11.6 Å². The number of aliphatic hydroxyl groups is 2. The van der Waals surface area contributed by atoms with Crippen LogP contribution in [0.3, 0.4) is 0 Å². The normalized spacial score (nSPS) is 13.0. The number of hydrogen-bond acceptors (Lipinski definition) is 4. The van der Waals surface area contributed by atoms with Crippen LogP contribution in [0.2, 0.25) is 5.02 Å². The Hall–Kier alpha value is -1.44. The zero-order chi connectivity index (χ0) is 17.6. The van der Waals surface area contributed by atoms with Crippen molar-refractivity contribution in [1.82, 2.24) is 4.72 Å². The molecular weight excluding hydrogens is 350 g/mol. The van der Waals surface area contributed by atoms with Gasteiger partial charge in [-0.1, -0.05) is 35.9 Å². The molecule has 0 heterocycles. The first-order valence-corrected chi connectivity index (χ1v) is 9.41. The standard InChI is InChI=1S/C17H20ClNO4S/c18-15-5-7-16(8-6-15)24(22,23)19-11-9-13-1-3-14(4-2-13)17(21)10-12-20/h1-8,17,19-21H,9-12H2. The van der Waals surface area contributed by atoms with Crippen LogP contribution in [0.25, 0.3) is 0 Å². The molecule has 2 rings (SSSR count). The van der Waals surface area contributed by atoms with Crippen molar-refractivity contribution >= 4 is 21.6 Å². The zero-order valence-corrected chi connectivity index (χ0v) is 14.6. The Kier molecular flexibility index (Phi) is 6.77. The zero-order valence-electron chi connectivity index (χ0n) is 13.0. The molecule has 0 aliphatic heterocycles. The highest BCUT2D eigenvalue weighted by Crippen LogP contribution is 2.17. The first-order chi connectivity index (χ1) is 11.4. The molecule has 0 saturated heterocycles. The quantitative estimate of drug-likeness (QED) is 0.666. The second kappa shape index (κ2) is 8.60. The minimum atomic E-state index is -3.55. The van der Waals surface area contributed by atoms with E-state index in [0.29, 0.717) is 17.9 Å². The highest BCUT2D eigenvalue weighted by atomic mass is 35.5. The Balaban J connectivity index is 1.90. The smallest absolute Gasteiger partial charge is 0.240 e. The van der Waals surface area contributed by atoms with E-state index in [-0.39, 0.29) is 18.0 Å². The minimum absolute atomic E-state index is 0.0740. The van der Waals surface area contributed by atoms with Crippen molar-refractivity contribution in [2.24, 2.45) is 0 Å². The molecule has 2 aromatic carbocycles. The van der Waals surface area contributed by atoms with Gasteiger partial charge in [0.1, 0.15) is 0 Å². The summed E-state index contributed by atoms with van der Waals surface area (Å²) in [6.07, 6.45) is 0.135. The van der Waals surface area contributed by atoms with Gasteiger partial charge in [0.25, 0.3) is 0 Å². The van der Waals surface area contributed by atoms with Gasteiger partial charge < -0.3 is 10.2 Å². The van der Waals surface area contributed by atoms with Crippen molar-refractivity contribution < 1.29 is 18.6 Å². The minimum Gasteiger partial charge on any atom is -0.396 e. The van der Waals surface area contributed by atoms with Gasteiger partial charge >= 0.3 is 0 Å². The van der Waals surface area contributed by atoms with E-state index in [1.807, 2.05) is 12.1 Å². The fourth-order valence-electron chi connectivity index (χ4n) is 2.22. The fourth-order valence-corrected chi connectivity index (χ4v) is 3.38. The highest BCUT2D eigenvalue weighted by Gasteiger charge is 2.13. The Morgan fingerprint density at radius 3 is 2.25 bits per heavy atom. The topological polar surface area (TPSA) is 86.6 Å². The molecule has 3 N–H and O–H groups in total. The van der Waals surface area contributed by atoms with E-state index < -0.39 is 16.1 Å². The van der Waals surface area contributed by atoms with E-state index in [2.05, 4.69) is 4.72 Å². The average Bonchev–Trinajstić information content (AvgIpc) is 2.56. The lowest BCUT2D eigenvalue weighted by Crippen LogP contribution is -2.25. The van der Waals surface area contributed by atoms with Gasteiger partial charge in [0.2, 0.25) is 10.0 Å². The molecule has 0 radical (unpaired) electrons. The van der Waals surface area contributed by atoms with Crippen LogP contribution in [-0.4, -0.2) is 31.8 Å². The Labute approximate surface area is 147 Å². The molecule has 0 bridgehead atoms. The Morgan fingerprint density at radius 1 is 1.04 bits per heavy atom. The van der Waals surface area contributed by atoms with Crippen LogP contribution in [0.4, 0.5) is 0 Å². The number of sulfonamides is 1. The van der Waals surface area contributed by atoms with Crippen molar-refractivity contribution in [3.8, 4) is 0 Å². The number of aliphatic hydroxyl groups excluding tert-OH is 2. The van der Waals surface area contributed by atoms with E-state index in [1.54, 1.807) is 12.1 Å². The molecule has 130 valence electrons. The molecular formula is C17H20ClNO4S. The number of hydrogen-bond donors (Lipinski definition) is 3. The summed E-state index contributed by atoms with van der Waals surface area (Å²) < 4.78 is 26.8. The van der Waals surface area contributed by atoms with Gasteiger partial charge in [0.15, 0.2) is 0 Å². The molecule has 0 amide bonds. The van der Waals surface area contributed by atoms with Gasteiger partial charge in [0, 0.05) is 24.6 Å². The van der Waals surface area contributed by atoms with Gasteiger partial charge in [-0.05, 0) is 41.8 Å². The number of halogens is 1. The van der Waals surface area contributed by atoms with Crippen LogP contribution in [0, 0.1) is 0 Å². The summed E-state index contributed by atoms with van der Waals surface area (Å²) in [4.78, 5) is 0.175. The fraction of sp³-hybridized carbons (Fsp3) is 0.294. The molecule has 24 heavy (non-hydrogen) atoms. The predicted octanol–water partition coefficient (Wildman–Crippen LogP) is 2.28. The van der Waals surface area contributed by atoms with Crippen molar-refractivity contribution in [1.29, 1.82) is 0 Å². The molecule has 1 atom stereocenters. The monoisotopic (exact) mass is 369 g/mol. The van der Waals surface area contributed by atoms with Gasteiger partial charge in [-0.15, -0.1) is 0 Å². The molecule has 0 aliphatic rings. The molecule has 7 heteroatoms. The molecule has 0 spiro atoms. The third-order valence-corrected chi connectivity index (χ3v) is 5.33. The van der Waals surface area contributed by atoms with Crippen LogP contribution in [-0.2, 0) is 16.4 Å². The molecule has 5 nitrogen and oxygen atoms in total. The van der Waals surface area contributed by atoms with Gasteiger partial charge in [-0.25, -0.2) is 13.1 Å². The van der Waals surface area contributed by atoms with E-state index in [1.165, 1.54) is 24.3 Å². The summed E-state index contributed by atoms with van der Waals surface area (Å²) in [7, 11) is -3.55. The number of nitrogens with one attached hydrogen (secondary N) is 1. The van der Waals surface area contributed by atoms with E-state index in [4.69, 9.17) is 16.7 Å². The third kappa shape index (κ3) is 5.29. The maximum Gasteiger partial charge on any atom is 0.240 e. The van der Waals surface area contributed by atoms with Crippen LogP contribution in [0.1, 0.15) is 23.7 Å². The molecule has 0 fully saturated rings. The lowest BCUT2D eigenvalue weighted by Gasteiger charge is -2.10. The maximum absolute atomic E-state index is 12.1. The predicted molar refractivity (Wildman–Crippen MR) is 93.4 cm³/mol. The third-order valence-electron chi connectivity index (χ3n) is 3.60. The van der Waals surface area contributed by atoms with Crippen LogP contribution in [0.5, 0.6) is 0 Å². The van der Waals surface area contributed by atoms with Gasteiger partial charge in [0.05, 0.1) is 11.0 Å². The number of rotatable bonds is 8. The van der Waals surface area contributed by atoms with E-state index in [0.717, 1.165) is 11.1 Å². The van der Waals surface area contributed by atoms with Gasteiger partial charge in [-0.2, -0.15) is 0 Å². The molecule has 1 unspecified atom stereocenters. The molecule has 2 aromatic rings. The summed E-state index contributed by atoms with van der Waals surface area (Å²) in [6.45, 7) is 0.193. The number of benzene rings is 2. The SMILES string of the molecule is O=S(=O)(NCCc1ccc(C(O)CCO)cc1)c1ccc(Cl)cc1. The van der Waals surface area contributed by atoms with Crippen LogP contribution in [0.15, 0.2) is 53.4 Å². The first-order valence-electron chi connectivity index (χ1n) is 7.55. The second-order valence-electron chi connectivity index (χ2n) is 5.37. The van der Waals surface area contributed by atoms with Crippen molar-refractivity contribution in [3.05, 3.63) is 64.7 Å². The molecule has 0 aromatic heterocycles.